The van der Waals surface area contributed by atoms with Crippen molar-refractivity contribution in [3.05, 3.63) is 18.2 Å². The van der Waals surface area contributed by atoms with E-state index in [2.05, 4.69) is 20.1 Å². The van der Waals surface area contributed by atoms with Gasteiger partial charge in [-0.1, -0.05) is 12.8 Å². The lowest BCUT2D eigenvalue weighted by Gasteiger charge is -2.47. The van der Waals surface area contributed by atoms with Gasteiger partial charge in [0.1, 0.15) is 5.82 Å². The van der Waals surface area contributed by atoms with Crippen LogP contribution in [-0.4, -0.2) is 43.4 Å². The van der Waals surface area contributed by atoms with Crippen molar-refractivity contribution < 1.29 is 5.11 Å². The van der Waals surface area contributed by atoms with Crippen molar-refractivity contribution in [3.63, 3.8) is 0 Å². The minimum Gasteiger partial charge on any atom is -0.389 e. The van der Waals surface area contributed by atoms with Gasteiger partial charge in [0, 0.05) is 31.4 Å². The lowest BCUT2D eigenvalue weighted by Crippen LogP contribution is -2.53. The van der Waals surface area contributed by atoms with E-state index in [0.29, 0.717) is 5.92 Å². The van der Waals surface area contributed by atoms with Crippen molar-refractivity contribution in [1.29, 1.82) is 0 Å². The Morgan fingerprint density at radius 2 is 2.19 bits per heavy atom. The highest BCUT2D eigenvalue weighted by Gasteiger charge is 2.43. The Morgan fingerprint density at radius 1 is 1.29 bits per heavy atom. The van der Waals surface area contributed by atoms with Gasteiger partial charge in [-0.05, 0) is 26.2 Å². The van der Waals surface area contributed by atoms with Gasteiger partial charge in [-0.25, -0.2) is 4.98 Å². The molecular weight excluding hydrogens is 266 g/mol. The topological polar surface area (TPSA) is 66.5 Å². The van der Waals surface area contributed by atoms with Crippen molar-refractivity contribution in [3.8, 4) is 0 Å². The third-order valence-electron chi connectivity index (χ3n) is 5.21. The summed E-state index contributed by atoms with van der Waals surface area (Å²) in [5, 5.41) is 19.2. The molecule has 112 valence electrons. The molecule has 21 heavy (non-hydrogen) atoms. The molecule has 6 heteroatoms. The summed E-state index contributed by atoms with van der Waals surface area (Å²) in [6.07, 6.45) is 8.98. The fourth-order valence-electron chi connectivity index (χ4n) is 3.91. The monoisotopic (exact) mass is 287 g/mol. The first-order valence-electron chi connectivity index (χ1n) is 7.81. The van der Waals surface area contributed by atoms with E-state index >= 15 is 0 Å². The molecule has 1 aliphatic carbocycles. The highest BCUT2D eigenvalue weighted by Crippen LogP contribution is 2.40. The summed E-state index contributed by atoms with van der Waals surface area (Å²) in [6.45, 7) is 3.65. The van der Waals surface area contributed by atoms with Gasteiger partial charge in [-0.3, -0.25) is 4.40 Å². The smallest absolute Gasteiger partial charge is 0.203 e. The van der Waals surface area contributed by atoms with Gasteiger partial charge >= 0.3 is 0 Å². The van der Waals surface area contributed by atoms with Crippen LogP contribution in [0.25, 0.3) is 5.65 Å². The number of hydrogen-bond acceptors (Lipinski definition) is 5. The average molecular weight is 287 g/mol. The second-order valence-corrected chi connectivity index (χ2v) is 6.43. The number of aromatic nitrogens is 4. The van der Waals surface area contributed by atoms with Crippen LogP contribution in [-0.2, 0) is 0 Å². The van der Waals surface area contributed by atoms with Gasteiger partial charge in [0.2, 0.25) is 5.65 Å². The van der Waals surface area contributed by atoms with Crippen LogP contribution in [0.2, 0.25) is 0 Å². The molecule has 6 nitrogen and oxygen atoms in total. The quantitative estimate of drug-likeness (QED) is 0.862. The molecule has 0 radical (unpaired) electrons. The van der Waals surface area contributed by atoms with Crippen LogP contribution in [0.15, 0.2) is 12.4 Å². The van der Waals surface area contributed by atoms with Crippen LogP contribution >= 0.6 is 0 Å². The number of fused-ring (bicyclic) bond motifs is 2. The number of anilines is 1. The first-order chi connectivity index (χ1) is 10.2. The molecule has 0 aromatic carbocycles. The highest BCUT2D eigenvalue weighted by atomic mass is 16.3. The zero-order valence-corrected chi connectivity index (χ0v) is 12.4. The Balaban J connectivity index is 1.67. The molecule has 0 bridgehead atoms. The summed E-state index contributed by atoms with van der Waals surface area (Å²) in [5.41, 5.74) is 0.361. The van der Waals surface area contributed by atoms with E-state index in [4.69, 9.17) is 0 Å². The summed E-state index contributed by atoms with van der Waals surface area (Å²) in [6, 6.07) is 0. The highest BCUT2D eigenvalue weighted by molar-refractivity contribution is 5.64. The molecule has 1 N–H and O–H groups in total. The van der Waals surface area contributed by atoms with Crippen LogP contribution in [0.5, 0.6) is 0 Å². The molecule has 4 rings (SSSR count). The minimum atomic E-state index is -0.455. The second-order valence-electron chi connectivity index (χ2n) is 6.43. The van der Waals surface area contributed by atoms with Gasteiger partial charge in [-0.15, -0.1) is 10.2 Å². The van der Waals surface area contributed by atoms with E-state index in [1.54, 1.807) is 6.20 Å². The van der Waals surface area contributed by atoms with Crippen LogP contribution in [0.4, 0.5) is 5.82 Å². The molecule has 2 aliphatic rings. The zero-order chi connectivity index (χ0) is 14.4. The first-order valence-corrected chi connectivity index (χ1v) is 7.81. The Morgan fingerprint density at radius 3 is 3.10 bits per heavy atom. The maximum absolute atomic E-state index is 10.8. The predicted molar refractivity (Wildman–Crippen MR) is 79.3 cm³/mol. The second kappa shape index (κ2) is 4.66. The summed E-state index contributed by atoms with van der Waals surface area (Å²) in [4.78, 5) is 6.80. The summed E-state index contributed by atoms with van der Waals surface area (Å²) < 4.78 is 1.98. The molecule has 1 saturated heterocycles. The number of aliphatic hydroxyl groups is 1. The van der Waals surface area contributed by atoms with Crippen molar-refractivity contribution in [1.82, 2.24) is 19.6 Å². The lowest BCUT2D eigenvalue weighted by atomic mass is 9.71. The van der Waals surface area contributed by atoms with Gasteiger partial charge in [0.05, 0.1) is 5.60 Å². The summed E-state index contributed by atoms with van der Waals surface area (Å²) in [5.74, 6) is 2.12. The lowest BCUT2D eigenvalue weighted by molar-refractivity contribution is -0.0613. The van der Waals surface area contributed by atoms with Crippen LogP contribution < -0.4 is 4.90 Å². The van der Waals surface area contributed by atoms with Crippen LogP contribution in [0, 0.1) is 12.8 Å². The molecule has 0 spiro atoms. The molecule has 2 atom stereocenters. The van der Waals surface area contributed by atoms with Gasteiger partial charge < -0.3 is 10.0 Å². The molecule has 2 unspecified atom stereocenters. The van der Waals surface area contributed by atoms with E-state index in [0.717, 1.165) is 56.1 Å². The van der Waals surface area contributed by atoms with E-state index in [-0.39, 0.29) is 0 Å². The molecule has 2 aromatic rings. The van der Waals surface area contributed by atoms with Crippen LogP contribution in [0.1, 0.15) is 37.9 Å². The maximum atomic E-state index is 10.8. The number of aryl methyl sites for hydroxylation is 1. The molecule has 2 fully saturated rings. The summed E-state index contributed by atoms with van der Waals surface area (Å²) in [7, 11) is 0. The Bertz CT molecular complexity index is 669. The van der Waals surface area contributed by atoms with E-state index < -0.39 is 5.60 Å². The third kappa shape index (κ3) is 2.00. The first kappa shape index (κ1) is 13.0. The van der Waals surface area contributed by atoms with Crippen molar-refractivity contribution in [2.45, 2.75) is 44.6 Å². The Hall–Kier alpha value is -1.69. The SMILES string of the molecule is Cc1nnc2c(N3CCC4(O)CCCCC4C3)nccn12. The largest absolute Gasteiger partial charge is 0.389 e. The molecule has 0 amide bonds. The predicted octanol–water partition coefficient (Wildman–Crippen LogP) is 1.56. The molecule has 3 heterocycles. The van der Waals surface area contributed by atoms with Gasteiger partial charge in [0.25, 0.3) is 0 Å². The number of hydrogen-bond donors (Lipinski definition) is 1. The Kier molecular flexibility index (Phi) is 2.89. The van der Waals surface area contributed by atoms with Crippen molar-refractivity contribution in [2.75, 3.05) is 18.0 Å². The molecule has 1 aliphatic heterocycles. The number of piperidine rings is 1. The van der Waals surface area contributed by atoms with Crippen molar-refractivity contribution >= 4 is 11.5 Å². The van der Waals surface area contributed by atoms with Crippen LogP contribution in [0.3, 0.4) is 0 Å². The molecule has 2 aromatic heterocycles. The standard InChI is InChI=1S/C15H21N5O/c1-11-17-18-14-13(16-7-9-20(11)14)19-8-6-15(21)5-3-2-4-12(15)10-19/h7,9,12,21H,2-6,8,10H2,1H3. The fourth-order valence-corrected chi connectivity index (χ4v) is 3.91. The summed E-state index contributed by atoms with van der Waals surface area (Å²) >= 11 is 0. The van der Waals surface area contributed by atoms with E-state index in [1.165, 1.54) is 6.42 Å². The average Bonchev–Trinajstić information content (AvgIpc) is 2.88. The number of rotatable bonds is 1. The minimum absolute atomic E-state index is 0.353. The van der Waals surface area contributed by atoms with Gasteiger partial charge in [-0.2, -0.15) is 0 Å². The van der Waals surface area contributed by atoms with Gasteiger partial charge in [0.15, 0.2) is 5.82 Å². The third-order valence-corrected chi connectivity index (χ3v) is 5.21. The Labute approximate surface area is 123 Å². The van der Waals surface area contributed by atoms with E-state index in [1.807, 2.05) is 17.5 Å². The molecule has 1 saturated carbocycles. The number of nitrogens with zero attached hydrogens (tertiary/aromatic N) is 5. The normalized spacial score (nSPS) is 29.6. The van der Waals surface area contributed by atoms with Crippen molar-refractivity contribution in [2.24, 2.45) is 5.92 Å². The fraction of sp³-hybridized carbons (Fsp3) is 0.667. The molecular formula is C15H21N5O. The maximum Gasteiger partial charge on any atom is 0.203 e. The van der Waals surface area contributed by atoms with E-state index in [9.17, 15) is 5.11 Å². The zero-order valence-electron chi connectivity index (χ0n) is 12.4.